The number of rotatable bonds is 7. The molecule has 3 atom stereocenters. The van der Waals surface area contributed by atoms with Gasteiger partial charge in [-0.05, 0) is 20.3 Å². The Hall–Kier alpha value is -1.20. The summed E-state index contributed by atoms with van der Waals surface area (Å²) < 4.78 is 5.40. The minimum Gasteiger partial charge on any atom is -0.388 e. The predicted octanol–water partition coefficient (Wildman–Crippen LogP) is 1.45. The molecule has 0 bridgehead atoms. The van der Waals surface area contributed by atoms with Crippen LogP contribution in [0.1, 0.15) is 27.2 Å². The number of anilines is 1. The molecule has 0 saturated carbocycles. The molecule has 0 saturated heterocycles. The van der Waals surface area contributed by atoms with Crippen molar-refractivity contribution in [1.29, 1.82) is 0 Å². The van der Waals surface area contributed by atoms with Gasteiger partial charge < -0.3 is 15.2 Å². The van der Waals surface area contributed by atoms with Crippen LogP contribution in [0.2, 0.25) is 0 Å². The lowest BCUT2D eigenvalue weighted by Gasteiger charge is -2.27. The van der Waals surface area contributed by atoms with Crippen molar-refractivity contribution in [3.63, 3.8) is 0 Å². The summed E-state index contributed by atoms with van der Waals surface area (Å²) in [7, 11) is 0. The topological polar surface area (TPSA) is 67.3 Å². The molecule has 0 amide bonds. The highest BCUT2D eigenvalue weighted by atomic mass is 16.5. The summed E-state index contributed by atoms with van der Waals surface area (Å²) in [6.07, 6.45) is 4.89. The quantitative estimate of drug-likeness (QED) is 0.754. The van der Waals surface area contributed by atoms with Gasteiger partial charge in [-0.15, -0.1) is 0 Å². The molecule has 5 heteroatoms. The Morgan fingerprint density at radius 3 is 2.71 bits per heavy atom. The monoisotopic (exact) mass is 239 g/mol. The van der Waals surface area contributed by atoms with Gasteiger partial charge >= 0.3 is 0 Å². The van der Waals surface area contributed by atoms with Gasteiger partial charge in [0.15, 0.2) is 0 Å². The fourth-order valence-electron chi connectivity index (χ4n) is 1.68. The van der Waals surface area contributed by atoms with Crippen molar-refractivity contribution >= 4 is 5.82 Å². The van der Waals surface area contributed by atoms with E-state index in [2.05, 4.69) is 15.3 Å². The van der Waals surface area contributed by atoms with Crippen LogP contribution < -0.4 is 5.32 Å². The Morgan fingerprint density at radius 1 is 1.41 bits per heavy atom. The normalized spacial score (nSPS) is 16.2. The molecule has 0 aliphatic rings. The lowest BCUT2D eigenvalue weighted by molar-refractivity contribution is -0.0297. The number of hydrogen-bond acceptors (Lipinski definition) is 5. The van der Waals surface area contributed by atoms with Crippen molar-refractivity contribution in [2.24, 2.45) is 0 Å². The van der Waals surface area contributed by atoms with E-state index in [0.717, 1.165) is 6.42 Å². The van der Waals surface area contributed by atoms with E-state index >= 15 is 0 Å². The molecule has 1 aromatic rings. The molecule has 96 valence electrons. The first-order chi connectivity index (χ1) is 8.19. The zero-order chi connectivity index (χ0) is 12.7. The third kappa shape index (κ3) is 4.28. The van der Waals surface area contributed by atoms with Crippen LogP contribution in [0.25, 0.3) is 0 Å². The average molecular weight is 239 g/mol. The lowest BCUT2D eigenvalue weighted by Crippen LogP contribution is -2.41. The molecule has 1 rings (SSSR count). The first-order valence-corrected chi connectivity index (χ1v) is 6.01. The van der Waals surface area contributed by atoms with E-state index in [0.29, 0.717) is 12.4 Å². The number of aliphatic hydroxyl groups is 1. The number of aliphatic hydroxyl groups excluding tert-OH is 1. The Labute approximate surface area is 102 Å². The summed E-state index contributed by atoms with van der Waals surface area (Å²) in [5, 5.41) is 13.3. The Balaban J connectivity index is 2.59. The second-order valence-corrected chi connectivity index (χ2v) is 3.90. The van der Waals surface area contributed by atoms with Crippen molar-refractivity contribution in [3.8, 4) is 0 Å². The molecule has 0 aromatic carbocycles. The minimum absolute atomic E-state index is 0.0896. The molecule has 2 unspecified atom stereocenters. The second-order valence-electron chi connectivity index (χ2n) is 3.90. The van der Waals surface area contributed by atoms with Crippen LogP contribution in [0.15, 0.2) is 18.6 Å². The van der Waals surface area contributed by atoms with Gasteiger partial charge in [-0.25, -0.2) is 4.98 Å². The molecule has 0 radical (unpaired) electrons. The van der Waals surface area contributed by atoms with Crippen LogP contribution in [0.3, 0.4) is 0 Å². The minimum atomic E-state index is -0.568. The molecule has 1 aromatic heterocycles. The first-order valence-electron chi connectivity index (χ1n) is 6.01. The molecule has 0 spiro atoms. The summed E-state index contributed by atoms with van der Waals surface area (Å²) in [5.74, 6) is 0.669. The average Bonchev–Trinajstić information content (AvgIpc) is 2.36. The molecule has 2 N–H and O–H groups in total. The fourth-order valence-corrected chi connectivity index (χ4v) is 1.68. The molecular formula is C12H21N3O2. The van der Waals surface area contributed by atoms with Crippen molar-refractivity contribution in [1.82, 2.24) is 9.97 Å². The number of hydrogen-bond donors (Lipinski definition) is 2. The van der Waals surface area contributed by atoms with Crippen LogP contribution in [0.5, 0.6) is 0 Å². The molecule has 17 heavy (non-hydrogen) atoms. The fraction of sp³-hybridized carbons (Fsp3) is 0.667. The van der Waals surface area contributed by atoms with Crippen molar-refractivity contribution in [2.45, 2.75) is 45.4 Å². The summed E-state index contributed by atoms with van der Waals surface area (Å²) in [5.41, 5.74) is 0. The molecule has 5 nitrogen and oxygen atoms in total. The maximum Gasteiger partial charge on any atom is 0.144 e. The summed E-state index contributed by atoms with van der Waals surface area (Å²) in [6, 6.07) is -0.0896. The smallest absolute Gasteiger partial charge is 0.144 e. The zero-order valence-corrected chi connectivity index (χ0v) is 10.6. The lowest BCUT2D eigenvalue weighted by atomic mass is 10.0. The largest absolute Gasteiger partial charge is 0.388 e. The van der Waals surface area contributed by atoms with Crippen molar-refractivity contribution in [3.05, 3.63) is 18.6 Å². The molecule has 0 aliphatic carbocycles. The number of ether oxygens (including phenoxy) is 1. The molecule has 0 fully saturated rings. The summed E-state index contributed by atoms with van der Waals surface area (Å²) in [4.78, 5) is 8.10. The highest BCUT2D eigenvalue weighted by molar-refractivity contribution is 5.31. The van der Waals surface area contributed by atoms with E-state index in [4.69, 9.17) is 4.74 Å². The summed E-state index contributed by atoms with van der Waals surface area (Å²) >= 11 is 0. The summed E-state index contributed by atoms with van der Waals surface area (Å²) in [6.45, 7) is 6.39. The number of aromatic nitrogens is 2. The Kier molecular flexibility index (Phi) is 5.86. The highest BCUT2D eigenvalue weighted by Gasteiger charge is 2.23. The van der Waals surface area contributed by atoms with Gasteiger partial charge in [-0.1, -0.05) is 6.92 Å². The van der Waals surface area contributed by atoms with Gasteiger partial charge in [-0.3, -0.25) is 4.98 Å². The van der Waals surface area contributed by atoms with E-state index in [1.54, 1.807) is 18.6 Å². The van der Waals surface area contributed by atoms with Crippen molar-refractivity contribution in [2.75, 3.05) is 11.9 Å². The SMILES string of the molecule is CCO[C@@H](C)C(O)C(CC)Nc1cnccn1. The zero-order valence-electron chi connectivity index (χ0n) is 10.6. The van der Waals surface area contributed by atoms with Crippen LogP contribution >= 0.6 is 0 Å². The highest BCUT2D eigenvalue weighted by Crippen LogP contribution is 2.12. The van der Waals surface area contributed by atoms with Gasteiger partial charge in [0.1, 0.15) is 5.82 Å². The van der Waals surface area contributed by atoms with E-state index in [1.807, 2.05) is 20.8 Å². The third-order valence-electron chi connectivity index (χ3n) is 2.66. The molecule has 1 heterocycles. The van der Waals surface area contributed by atoms with Crippen LogP contribution in [-0.4, -0.2) is 39.9 Å². The maximum absolute atomic E-state index is 10.1. The van der Waals surface area contributed by atoms with Crippen LogP contribution in [-0.2, 0) is 4.74 Å². The van der Waals surface area contributed by atoms with Gasteiger partial charge in [0, 0.05) is 19.0 Å². The van der Waals surface area contributed by atoms with E-state index in [1.165, 1.54) is 0 Å². The van der Waals surface area contributed by atoms with Crippen molar-refractivity contribution < 1.29 is 9.84 Å². The number of nitrogens with one attached hydrogen (secondary N) is 1. The van der Waals surface area contributed by atoms with E-state index in [9.17, 15) is 5.11 Å². The van der Waals surface area contributed by atoms with Gasteiger partial charge in [0.25, 0.3) is 0 Å². The Morgan fingerprint density at radius 2 is 2.18 bits per heavy atom. The van der Waals surface area contributed by atoms with Crippen LogP contribution in [0, 0.1) is 0 Å². The molecule has 0 aliphatic heterocycles. The Bertz CT molecular complexity index is 308. The van der Waals surface area contributed by atoms with Crippen LogP contribution in [0.4, 0.5) is 5.82 Å². The second kappa shape index (κ2) is 7.19. The first kappa shape index (κ1) is 13.9. The standard InChI is InChI=1S/C12H21N3O2/c1-4-10(12(16)9(3)17-5-2)15-11-8-13-6-7-14-11/h6-10,12,16H,4-5H2,1-3H3,(H,14,15)/t9-,10?,12?/m0/s1. The van der Waals surface area contributed by atoms with Gasteiger partial charge in [-0.2, -0.15) is 0 Å². The van der Waals surface area contributed by atoms with Gasteiger partial charge in [0.05, 0.1) is 24.4 Å². The third-order valence-corrected chi connectivity index (χ3v) is 2.66. The predicted molar refractivity (Wildman–Crippen MR) is 66.8 cm³/mol. The number of nitrogens with zero attached hydrogens (tertiary/aromatic N) is 2. The van der Waals surface area contributed by atoms with Gasteiger partial charge in [0.2, 0.25) is 0 Å². The molecular weight excluding hydrogens is 218 g/mol. The van der Waals surface area contributed by atoms with E-state index < -0.39 is 6.10 Å². The maximum atomic E-state index is 10.1. The van der Waals surface area contributed by atoms with E-state index in [-0.39, 0.29) is 12.1 Å².